The second kappa shape index (κ2) is 8.68. The predicted octanol–water partition coefficient (Wildman–Crippen LogP) is 5.42. The monoisotopic (exact) mass is 500 g/mol. The van der Waals surface area contributed by atoms with Crippen molar-refractivity contribution in [3.8, 4) is 0 Å². The Labute approximate surface area is 169 Å². The summed E-state index contributed by atoms with van der Waals surface area (Å²) >= 11 is 0. The van der Waals surface area contributed by atoms with Gasteiger partial charge < -0.3 is 0 Å². The van der Waals surface area contributed by atoms with Gasteiger partial charge in [0.15, 0.2) is 0 Å². The number of rotatable bonds is 9. The smallest absolute Gasteiger partial charge is 0.299 e. The molecule has 4 nitrogen and oxygen atoms in total. The molecule has 1 aliphatic rings. The van der Waals surface area contributed by atoms with Crippen LogP contribution in [0, 0.1) is 0 Å². The van der Waals surface area contributed by atoms with E-state index in [0.29, 0.717) is 19.3 Å². The van der Waals surface area contributed by atoms with Gasteiger partial charge in [-0.3, -0.25) is 4.79 Å². The predicted molar refractivity (Wildman–Crippen MR) is 91.5 cm³/mol. The van der Waals surface area contributed by atoms with E-state index in [-0.39, 0.29) is 19.3 Å². The topological polar surface area (TPSA) is 60.4 Å². The fraction of sp³-hybridized carbons (Fsp3) is 0.933. The number of hydrogen-bond acceptors (Lipinski definition) is 4. The highest BCUT2D eigenvalue weighted by Gasteiger charge is 2.86. The maximum atomic E-state index is 14.0. The van der Waals surface area contributed by atoms with Gasteiger partial charge in [0.1, 0.15) is 5.78 Å². The molecule has 0 bridgehead atoms. The molecule has 0 heterocycles. The Morgan fingerprint density at radius 3 is 1.77 bits per heavy atom. The van der Waals surface area contributed by atoms with Gasteiger partial charge >= 0.3 is 33.4 Å². The molecular formula is C15H21F9O4S2. The summed E-state index contributed by atoms with van der Waals surface area (Å²) in [4.78, 5) is 11.8. The largest absolute Gasteiger partial charge is 0.460 e. The summed E-state index contributed by atoms with van der Waals surface area (Å²) in [6, 6.07) is 0. The SMILES string of the molecule is CCC(=O)CS(C)(OS(=O)(=O)C(F)(F)C(F)(F)C(F)(F)C(F)(F)F)C1CCCCC1. The van der Waals surface area contributed by atoms with Crippen LogP contribution in [-0.4, -0.2) is 54.7 Å². The van der Waals surface area contributed by atoms with Gasteiger partial charge in [-0.15, -0.1) is 10.3 Å². The molecular weight excluding hydrogens is 479 g/mol. The van der Waals surface area contributed by atoms with Gasteiger partial charge in [0.2, 0.25) is 0 Å². The fourth-order valence-corrected chi connectivity index (χ4v) is 8.42. The van der Waals surface area contributed by atoms with Crippen LogP contribution in [-0.2, 0) is 18.5 Å². The lowest BCUT2D eigenvalue weighted by Crippen LogP contribution is -2.63. The van der Waals surface area contributed by atoms with Crippen molar-refractivity contribution in [1.82, 2.24) is 0 Å². The zero-order valence-corrected chi connectivity index (χ0v) is 17.5. The van der Waals surface area contributed by atoms with Crippen LogP contribution in [0.15, 0.2) is 0 Å². The molecule has 180 valence electrons. The standard InChI is InChI=1S/C15H21F9O4S2/c1-3-10(25)9-29(2,11-7-5-4-6-8-11)28-30(26,27)15(23,24)13(18,19)12(16,17)14(20,21)22/h11H,3-9H2,1-2H3. The number of halogens is 9. The first-order chi connectivity index (χ1) is 13.3. The van der Waals surface area contributed by atoms with Gasteiger partial charge in [-0.05, 0) is 19.1 Å². The Hall–Kier alpha value is -0.700. The van der Waals surface area contributed by atoms with Crippen molar-refractivity contribution >= 4 is 26.2 Å². The fourth-order valence-electron chi connectivity index (χ4n) is 2.95. The van der Waals surface area contributed by atoms with E-state index < -0.39 is 60.5 Å². The Morgan fingerprint density at radius 1 is 0.900 bits per heavy atom. The minimum atomic E-state index is -7.37. The van der Waals surface area contributed by atoms with Gasteiger partial charge in [-0.1, -0.05) is 26.2 Å². The molecule has 1 aliphatic carbocycles. The summed E-state index contributed by atoms with van der Waals surface area (Å²) in [5.74, 6) is -16.1. The lowest BCUT2D eigenvalue weighted by atomic mass is 10.0. The summed E-state index contributed by atoms with van der Waals surface area (Å²) in [6.07, 6.45) is -4.36. The molecule has 0 radical (unpaired) electrons. The van der Waals surface area contributed by atoms with Crippen LogP contribution in [0.2, 0.25) is 0 Å². The minimum Gasteiger partial charge on any atom is -0.299 e. The van der Waals surface area contributed by atoms with Crippen LogP contribution >= 0.6 is 10.3 Å². The van der Waals surface area contributed by atoms with Crippen molar-refractivity contribution in [3.63, 3.8) is 0 Å². The summed E-state index contributed by atoms with van der Waals surface area (Å²) in [5.41, 5.74) is 0. The third-order valence-corrected chi connectivity index (χ3v) is 10.4. The highest BCUT2D eigenvalue weighted by Crippen LogP contribution is 2.61. The third kappa shape index (κ3) is 4.87. The average molecular weight is 500 g/mol. The summed E-state index contributed by atoms with van der Waals surface area (Å²) in [5, 5.41) is -7.74. The number of Topliss-reactive ketones (excluding diaryl/α,β-unsaturated/α-hetero) is 1. The molecule has 0 N–H and O–H groups in total. The molecule has 0 aromatic rings. The number of carbonyl (C=O) groups excluding carboxylic acids is 1. The Balaban J connectivity index is 3.41. The summed E-state index contributed by atoms with van der Waals surface area (Å²) < 4.78 is 146. The van der Waals surface area contributed by atoms with Crippen molar-refractivity contribution in [3.05, 3.63) is 0 Å². The van der Waals surface area contributed by atoms with E-state index >= 15 is 0 Å². The highest BCUT2D eigenvalue weighted by atomic mass is 32.3. The molecule has 30 heavy (non-hydrogen) atoms. The zero-order chi connectivity index (χ0) is 23.8. The van der Waals surface area contributed by atoms with Crippen LogP contribution < -0.4 is 0 Å². The molecule has 1 rings (SSSR count). The molecule has 0 saturated heterocycles. The van der Waals surface area contributed by atoms with E-state index in [2.05, 4.69) is 3.63 Å². The molecule has 1 saturated carbocycles. The normalized spacial score (nSPS) is 21.2. The first-order valence-corrected chi connectivity index (χ1v) is 12.3. The van der Waals surface area contributed by atoms with Crippen LogP contribution in [0.4, 0.5) is 39.5 Å². The minimum absolute atomic E-state index is 0.183. The van der Waals surface area contributed by atoms with Crippen molar-refractivity contribution in [1.29, 1.82) is 0 Å². The van der Waals surface area contributed by atoms with Gasteiger partial charge in [-0.2, -0.15) is 47.9 Å². The van der Waals surface area contributed by atoms with Crippen molar-refractivity contribution in [2.75, 3.05) is 12.0 Å². The lowest BCUT2D eigenvalue weighted by Gasteiger charge is -2.44. The van der Waals surface area contributed by atoms with E-state index in [1.54, 1.807) is 0 Å². The Bertz CT molecular complexity index is 731. The van der Waals surface area contributed by atoms with Crippen LogP contribution in [0.1, 0.15) is 45.4 Å². The van der Waals surface area contributed by atoms with Crippen molar-refractivity contribution in [2.45, 2.75) is 74.0 Å². The van der Waals surface area contributed by atoms with E-state index in [9.17, 15) is 52.7 Å². The lowest BCUT2D eigenvalue weighted by molar-refractivity contribution is -0.382. The van der Waals surface area contributed by atoms with Gasteiger partial charge in [0, 0.05) is 11.7 Å². The molecule has 1 fully saturated rings. The maximum Gasteiger partial charge on any atom is 0.460 e. The van der Waals surface area contributed by atoms with Crippen molar-refractivity contribution in [2.24, 2.45) is 0 Å². The van der Waals surface area contributed by atoms with Crippen LogP contribution in [0.5, 0.6) is 0 Å². The van der Waals surface area contributed by atoms with Gasteiger partial charge in [0.25, 0.3) is 0 Å². The highest BCUT2D eigenvalue weighted by molar-refractivity contribution is 8.33. The number of carbonyl (C=O) groups is 1. The number of alkyl halides is 9. The summed E-state index contributed by atoms with van der Waals surface area (Å²) in [6.45, 7) is 1.35. The average Bonchev–Trinajstić information content (AvgIpc) is 2.60. The molecule has 0 spiro atoms. The summed E-state index contributed by atoms with van der Waals surface area (Å²) in [7, 11) is -10.4. The van der Waals surface area contributed by atoms with Crippen LogP contribution in [0.3, 0.4) is 0 Å². The number of ketones is 1. The zero-order valence-electron chi connectivity index (χ0n) is 15.9. The van der Waals surface area contributed by atoms with Crippen molar-refractivity contribution < 1.29 is 56.4 Å². The van der Waals surface area contributed by atoms with E-state index in [1.165, 1.54) is 6.92 Å². The first kappa shape index (κ1) is 27.3. The quantitative estimate of drug-likeness (QED) is 0.397. The van der Waals surface area contributed by atoms with Gasteiger partial charge in [-0.25, -0.2) is 3.63 Å². The first-order valence-electron chi connectivity index (χ1n) is 8.69. The molecule has 0 aromatic heterocycles. The van der Waals surface area contributed by atoms with E-state index in [4.69, 9.17) is 0 Å². The molecule has 1 unspecified atom stereocenters. The second-order valence-electron chi connectivity index (χ2n) is 7.05. The molecule has 0 amide bonds. The Kier molecular flexibility index (Phi) is 7.91. The maximum absolute atomic E-state index is 14.0. The van der Waals surface area contributed by atoms with Gasteiger partial charge in [0.05, 0.1) is 5.75 Å². The second-order valence-corrected chi connectivity index (χ2v) is 12.1. The molecule has 15 heteroatoms. The molecule has 0 aromatic carbocycles. The third-order valence-electron chi connectivity index (χ3n) is 4.77. The molecule has 1 atom stereocenters. The van der Waals surface area contributed by atoms with Crippen LogP contribution in [0.25, 0.3) is 0 Å². The molecule has 0 aliphatic heterocycles. The van der Waals surface area contributed by atoms with E-state index in [0.717, 1.165) is 6.26 Å². The number of hydrogen-bond donors (Lipinski definition) is 0. The van der Waals surface area contributed by atoms with E-state index in [1.807, 2.05) is 0 Å². The Morgan fingerprint density at radius 2 is 1.37 bits per heavy atom.